The molecular formula is C19H20N2O5. The number of aliphatic carboxylic acids is 1. The second-order valence-electron chi connectivity index (χ2n) is 5.33. The first kappa shape index (κ1) is 19.0. The summed E-state index contributed by atoms with van der Waals surface area (Å²) in [5.74, 6) is -0.424. The van der Waals surface area contributed by atoms with Crippen LogP contribution in [0.1, 0.15) is 28.8 Å². The van der Waals surface area contributed by atoms with E-state index in [1.54, 1.807) is 18.2 Å². The molecule has 2 aromatic rings. The molecule has 0 aromatic heterocycles. The van der Waals surface area contributed by atoms with Crippen LogP contribution in [0, 0.1) is 0 Å². The third kappa shape index (κ3) is 5.07. The highest BCUT2D eigenvalue weighted by Gasteiger charge is 2.12. The number of carboxylic acids is 1. The van der Waals surface area contributed by atoms with Gasteiger partial charge in [0.25, 0.3) is 5.91 Å². The van der Waals surface area contributed by atoms with E-state index in [0.717, 1.165) is 5.56 Å². The lowest BCUT2D eigenvalue weighted by Gasteiger charge is -2.09. The minimum absolute atomic E-state index is 0.0834. The van der Waals surface area contributed by atoms with E-state index in [1.165, 1.54) is 14.2 Å². The van der Waals surface area contributed by atoms with Crippen molar-refractivity contribution in [2.75, 3.05) is 14.2 Å². The van der Waals surface area contributed by atoms with E-state index in [1.807, 2.05) is 30.3 Å². The minimum Gasteiger partial charge on any atom is -0.493 e. The van der Waals surface area contributed by atoms with Gasteiger partial charge in [-0.15, -0.1) is 0 Å². The van der Waals surface area contributed by atoms with E-state index in [4.69, 9.17) is 14.6 Å². The first-order valence-electron chi connectivity index (χ1n) is 7.91. The molecular weight excluding hydrogens is 336 g/mol. The number of hydrogen-bond acceptors (Lipinski definition) is 5. The zero-order valence-electron chi connectivity index (χ0n) is 14.6. The number of carboxylic acid groups (broad SMARTS) is 1. The van der Waals surface area contributed by atoms with Crippen LogP contribution in [0.4, 0.5) is 0 Å². The van der Waals surface area contributed by atoms with Crippen LogP contribution >= 0.6 is 0 Å². The average Bonchev–Trinajstić information content (AvgIpc) is 2.67. The number of methoxy groups -OCH3 is 2. The number of hydrazone groups is 1. The summed E-state index contributed by atoms with van der Waals surface area (Å²) in [7, 11) is 2.99. The standard InChI is InChI=1S/C19H20N2O5/c1-25-16-10-8-14(12-17(16)26-2)19(24)21-20-15(9-11-18(22)23)13-6-4-3-5-7-13/h3-8,10,12H,9,11H2,1-2H3,(H,21,24)(H,22,23). The summed E-state index contributed by atoms with van der Waals surface area (Å²) in [6, 6.07) is 13.9. The lowest BCUT2D eigenvalue weighted by atomic mass is 10.1. The number of hydrogen-bond donors (Lipinski definition) is 2. The topological polar surface area (TPSA) is 97.2 Å². The maximum absolute atomic E-state index is 12.4. The molecule has 0 unspecified atom stereocenters. The summed E-state index contributed by atoms with van der Waals surface area (Å²) in [6.45, 7) is 0. The van der Waals surface area contributed by atoms with E-state index in [2.05, 4.69) is 10.5 Å². The first-order chi connectivity index (χ1) is 12.5. The Morgan fingerprint density at radius 1 is 0.962 bits per heavy atom. The van der Waals surface area contributed by atoms with Gasteiger partial charge < -0.3 is 14.6 Å². The number of amides is 1. The summed E-state index contributed by atoms with van der Waals surface area (Å²) in [5, 5.41) is 13.0. The summed E-state index contributed by atoms with van der Waals surface area (Å²) in [6.07, 6.45) is 0.117. The van der Waals surface area contributed by atoms with E-state index in [9.17, 15) is 9.59 Å². The number of carbonyl (C=O) groups excluding carboxylic acids is 1. The van der Waals surface area contributed by atoms with Crippen LogP contribution in [0.25, 0.3) is 0 Å². The smallest absolute Gasteiger partial charge is 0.303 e. The molecule has 0 heterocycles. The molecule has 7 nitrogen and oxygen atoms in total. The van der Waals surface area contributed by atoms with Gasteiger partial charge in [0.05, 0.1) is 26.4 Å². The molecule has 2 rings (SSSR count). The van der Waals surface area contributed by atoms with Gasteiger partial charge in [-0.2, -0.15) is 5.10 Å². The lowest BCUT2D eigenvalue weighted by molar-refractivity contribution is -0.136. The van der Waals surface area contributed by atoms with Crippen LogP contribution in [0.5, 0.6) is 11.5 Å². The van der Waals surface area contributed by atoms with Crippen molar-refractivity contribution in [3.63, 3.8) is 0 Å². The van der Waals surface area contributed by atoms with Crippen LogP contribution in [0.2, 0.25) is 0 Å². The number of nitrogens with zero attached hydrogens (tertiary/aromatic N) is 1. The number of benzene rings is 2. The highest BCUT2D eigenvalue weighted by atomic mass is 16.5. The van der Waals surface area contributed by atoms with Gasteiger partial charge in [0.1, 0.15) is 0 Å². The van der Waals surface area contributed by atoms with Crippen molar-refractivity contribution in [2.24, 2.45) is 5.10 Å². The zero-order chi connectivity index (χ0) is 18.9. The van der Waals surface area contributed by atoms with Crippen LogP contribution in [-0.4, -0.2) is 36.9 Å². The second kappa shape index (κ2) is 9.22. The Bertz CT molecular complexity index is 803. The second-order valence-corrected chi connectivity index (χ2v) is 5.33. The van der Waals surface area contributed by atoms with Gasteiger partial charge in [-0.25, -0.2) is 5.43 Å². The van der Waals surface area contributed by atoms with E-state index < -0.39 is 11.9 Å². The van der Waals surface area contributed by atoms with Crippen LogP contribution < -0.4 is 14.9 Å². The molecule has 2 N–H and O–H groups in total. The van der Waals surface area contributed by atoms with Crippen molar-refractivity contribution in [3.05, 3.63) is 59.7 Å². The SMILES string of the molecule is COc1ccc(C(=O)NN=C(CCC(=O)O)c2ccccc2)cc1OC. The molecule has 0 bridgehead atoms. The van der Waals surface area contributed by atoms with Crippen LogP contribution in [-0.2, 0) is 4.79 Å². The van der Waals surface area contributed by atoms with E-state index in [-0.39, 0.29) is 12.8 Å². The Balaban J connectivity index is 2.20. The largest absolute Gasteiger partial charge is 0.493 e. The maximum atomic E-state index is 12.4. The maximum Gasteiger partial charge on any atom is 0.303 e. The average molecular weight is 356 g/mol. The molecule has 0 radical (unpaired) electrons. The predicted octanol–water partition coefficient (Wildman–Crippen LogP) is 2.70. The van der Waals surface area contributed by atoms with Crippen LogP contribution in [0.15, 0.2) is 53.6 Å². The summed E-state index contributed by atoms with van der Waals surface area (Å²) >= 11 is 0. The Morgan fingerprint density at radius 2 is 1.65 bits per heavy atom. The molecule has 2 aromatic carbocycles. The van der Waals surface area contributed by atoms with Gasteiger partial charge >= 0.3 is 5.97 Å². The predicted molar refractivity (Wildman–Crippen MR) is 96.9 cm³/mol. The normalized spacial score (nSPS) is 10.9. The van der Waals surface area contributed by atoms with Crippen molar-refractivity contribution >= 4 is 17.6 Å². The number of ether oxygens (including phenoxy) is 2. The fourth-order valence-corrected chi connectivity index (χ4v) is 2.28. The molecule has 0 atom stereocenters. The lowest BCUT2D eigenvalue weighted by Crippen LogP contribution is -2.20. The van der Waals surface area contributed by atoms with E-state index >= 15 is 0 Å². The Kier molecular flexibility index (Phi) is 6.73. The van der Waals surface area contributed by atoms with Gasteiger partial charge in [-0.05, 0) is 23.8 Å². The zero-order valence-corrected chi connectivity index (χ0v) is 14.6. The molecule has 0 aliphatic heterocycles. The molecule has 1 amide bonds. The van der Waals surface area contributed by atoms with Crippen molar-refractivity contribution in [2.45, 2.75) is 12.8 Å². The fraction of sp³-hybridized carbons (Fsp3) is 0.211. The van der Waals surface area contributed by atoms with Crippen molar-refractivity contribution in [1.82, 2.24) is 5.43 Å². The molecule has 0 spiro atoms. The Morgan fingerprint density at radius 3 is 2.27 bits per heavy atom. The Hall–Kier alpha value is -3.35. The van der Waals surface area contributed by atoms with Crippen molar-refractivity contribution in [1.29, 1.82) is 0 Å². The summed E-state index contributed by atoms with van der Waals surface area (Å²) in [5.41, 5.74) is 4.05. The quantitative estimate of drug-likeness (QED) is 0.560. The Labute approximate surface area is 151 Å². The summed E-state index contributed by atoms with van der Waals surface area (Å²) in [4.78, 5) is 23.2. The van der Waals surface area contributed by atoms with Gasteiger partial charge in [-0.1, -0.05) is 30.3 Å². The molecule has 0 saturated heterocycles. The molecule has 0 aliphatic carbocycles. The highest BCUT2D eigenvalue weighted by Crippen LogP contribution is 2.27. The third-order valence-electron chi connectivity index (χ3n) is 3.62. The van der Waals surface area contributed by atoms with Crippen LogP contribution in [0.3, 0.4) is 0 Å². The van der Waals surface area contributed by atoms with Gasteiger partial charge in [0.2, 0.25) is 0 Å². The minimum atomic E-state index is -0.931. The first-order valence-corrected chi connectivity index (χ1v) is 7.91. The molecule has 0 saturated carbocycles. The highest BCUT2D eigenvalue weighted by molar-refractivity contribution is 6.03. The molecule has 26 heavy (non-hydrogen) atoms. The monoisotopic (exact) mass is 356 g/mol. The third-order valence-corrected chi connectivity index (χ3v) is 3.62. The molecule has 0 fully saturated rings. The molecule has 136 valence electrons. The number of nitrogens with one attached hydrogen (secondary N) is 1. The van der Waals surface area contributed by atoms with Crippen molar-refractivity contribution in [3.8, 4) is 11.5 Å². The number of carbonyl (C=O) groups is 2. The fourth-order valence-electron chi connectivity index (χ4n) is 2.28. The molecule has 0 aliphatic rings. The van der Waals surface area contributed by atoms with E-state index in [0.29, 0.717) is 22.8 Å². The van der Waals surface area contributed by atoms with Gasteiger partial charge in [0.15, 0.2) is 11.5 Å². The summed E-state index contributed by atoms with van der Waals surface area (Å²) < 4.78 is 10.3. The van der Waals surface area contributed by atoms with Gasteiger partial charge in [-0.3, -0.25) is 9.59 Å². The molecule has 7 heteroatoms. The van der Waals surface area contributed by atoms with Crippen molar-refractivity contribution < 1.29 is 24.2 Å². The van der Waals surface area contributed by atoms with Gasteiger partial charge in [0, 0.05) is 12.0 Å². The number of rotatable bonds is 8.